The molecule has 0 spiro atoms. The summed E-state index contributed by atoms with van der Waals surface area (Å²) >= 11 is 0. The van der Waals surface area contributed by atoms with Crippen LogP contribution in [0.15, 0.2) is 23.8 Å². The van der Waals surface area contributed by atoms with Crippen molar-refractivity contribution in [2.24, 2.45) is 22.7 Å². The molecule has 6 nitrogen and oxygen atoms in total. The van der Waals surface area contributed by atoms with Gasteiger partial charge in [-0.1, -0.05) is 39.8 Å². The number of hydrogen-bond donors (Lipinski definition) is 0. The van der Waals surface area contributed by atoms with Gasteiger partial charge in [-0.2, -0.15) is 0 Å². The van der Waals surface area contributed by atoms with E-state index < -0.39 is 35.5 Å². The lowest BCUT2D eigenvalue weighted by atomic mass is 9.52. The third-order valence-corrected chi connectivity index (χ3v) is 7.35. The monoisotopic (exact) mass is 416 g/mol. The standard InChI is InChI=1S/C24H32O6/c1-13-16-10-17(21(13)27)18(29-14(2)25)12-20-23(4,5)8-7-9-24(20,6)22(28)19(11-16)30-15(3)26/h10,16,18-20H,1,7-9,11-12H2,2-6H3/t16-,18+,19+,20+,24+/m0/s1. The molecule has 0 saturated heterocycles. The van der Waals surface area contributed by atoms with Crippen molar-refractivity contribution in [3.8, 4) is 0 Å². The molecular formula is C24H32O6. The van der Waals surface area contributed by atoms with E-state index in [0.29, 0.717) is 24.0 Å². The van der Waals surface area contributed by atoms with E-state index in [-0.39, 0.29) is 29.3 Å². The molecule has 6 heteroatoms. The maximum atomic E-state index is 13.8. The van der Waals surface area contributed by atoms with Gasteiger partial charge < -0.3 is 9.47 Å². The predicted octanol–water partition coefficient (Wildman–Crippen LogP) is 3.73. The van der Waals surface area contributed by atoms with Gasteiger partial charge in [-0.25, -0.2) is 0 Å². The minimum Gasteiger partial charge on any atom is -0.458 e. The molecular weight excluding hydrogens is 384 g/mol. The van der Waals surface area contributed by atoms with E-state index in [1.165, 1.54) is 13.8 Å². The maximum Gasteiger partial charge on any atom is 0.303 e. The Bertz CT molecular complexity index is 835. The average molecular weight is 417 g/mol. The first-order valence-corrected chi connectivity index (χ1v) is 10.7. The summed E-state index contributed by atoms with van der Waals surface area (Å²) in [5.41, 5.74) is -0.178. The van der Waals surface area contributed by atoms with Crippen LogP contribution in [-0.4, -0.2) is 35.7 Å². The van der Waals surface area contributed by atoms with Crippen LogP contribution in [0.5, 0.6) is 0 Å². The Labute approximate surface area is 178 Å². The molecule has 30 heavy (non-hydrogen) atoms. The summed E-state index contributed by atoms with van der Waals surface area (Å²) in [6.45, 7) is 12.7. The fraction of sp³-hybridized carbons (Fsp3) is 0.667. The summed E-state index contributed by atoms with van der Waals surface area (Å²) in [7, 11) is 0. The Morgan fingerprint density at radius 3 is 2.20 bits per heavy atom. The topological polar surface area (TPSA) is 86.7 Å². The summed E-state index contributed by atoms with van der Waals surface area (Å²) in [5.74, 6) is -1.89. The second kappa shape index (κ2) is 7.78. The molecule has 3 aliphatic carbocycles. The van der Waals surface area contributed by atoms with Gasteiger partial charge in [-0.3, -0.25) is 19.2 Å². The number of allylic oxidation sites excluding steroid dienone is 2. The van der Waals surface area contributed by atoms with E-state index in [1.54, 1.807) is 6.08 Å². The molecule has 0 unspecified atom stereocenters. The van der Waals surface area contributed by atoms with Gasteiger partial charge in [0.05, 0.1) is 0 Å². The van der Waals surface area contributed by atoms with Gasteiger partial charge in [0.25, 0.3) is 0 Å². The predicted molar refractivity (Wildman–Crippen MR) is 110 cm³/mol. The second-order valence-corrected chi connectivity index (χ2v) is 9.93. The highest BCUT2D eigenvalue weighted by molar-refractivity contribution is 6.12. The van der Waals surface area contributed by atoms with E-state index in [9.17, 15) is 19.2 Å². The van der Waals surface area contributed by atoms with Crippen molar-refractivity contribution in [3.63, 3.8) is 0 Å². The largest absolute Gasteiger partial charge is 0.458 e. The molecule has 1 fully saturated rings. The minimum atomic E-state index is -0.931. The number of Topliss-reactive ketones (excluding diaryl/α,β-unsaturated/α-hetero) is 2. The number of fused-ring (bicyclic) bond motifs is 2. The van der Waals surface area contributed by atoms with Crippen molar-refractivity contribution in [2.75, 3.05) is 0 Å². The van der Waals surface area contributed by atoms with E-state index in [4.69, 9.17) is 9.47 Å². The van der Waals surface area contributed by atoms with Crippen molar-refractivity contribution in [2.45, 2.75) is 78.9 Å². The number of carbonyl (C=O) groups is 4. The summed E-state index contributed by atoms with van der Waals surface area (Å²) in [6.07, 6.45) is 3.14. The lowest BCUT2D eigenvalue weighted by Crippen LogP contribution is -2.52. The Morgan fingerprint density at radius 1 is 1.00 bits per heavy atom. The Hall–Kier alpha value is -2.24. The fourth-order valence-corrected chi connectivity index (χ4v) is 5.87. The van der Waals surface area contributed by atoms with E-state index in [1.807, 2.05) is 6.92 Å². The first-order valence-electron chi connectivity index (χ1n) is 10.7. The van der Waals surface area contributed by atoms with Gasteiger partial charge >= 0.3 is 11.9 Å². The highest BCUT2D eigenvalue weighted by Crippen LogP contribution is 2.55. The van der Waals surface area contributed by atoms with Crippen LogP contribution in [0.2, 0.25) is 0 Å². The molecule has 0 amide bonds. The highest BCUT2D eigenvalue weighted by Gasteiger charge is 2.55. The number of carbonyl (C=O) groups excluding carboxylic acids is 4. The van der Waals surface area contributed by atoms with Crippen LogP contribution in [0, 0.1) is 22.7 Å². The Kier molecular flexibility index (Phi) is 5.82. The van der Waals surface area contributed by atoms with Gasteiger partial charge in [-0.15, -0.1) is 0 Å². The number of esters is 2. The molecule has 164 valence electrons. The highest BCUT2D eigenvalue weighted by atomic mass is 16.5. The molecule has 5 atom stereocenters. The van der Waals surface area contributed by atoms with Crippen LogP contribution in [0.25, 0.3) is 0 Å². The molecule has 2 bridgehead atoms. The molecule has 0 aromatic rings. The number of rotatable bonds is 2. The SMILES string of the molecule is C=C1C(=O)C2=C[C@H]1C[C@@H](OC(C)=O)C(=O)[C@]1(C)CCCC(C)(C)[C@H]1C[C@H]2OC(C)=O. The third-order valence-electron chi connectivity index (χ3n) is 7.35. The van der Waals surface area contributed by atoms with Crippen LogP contribution in [0.1, 0.15) is 66.7 Å². The van der Waals surface area contributed by atoms with Crippen LogP contribution < -0.4 is 0 Å². The van der Waals surface area contributed by atoms with Crippen molar-refractivity contribution in [1.82, 2.24) is 0 Å². The van der Waals surface area contributed by atoms with Gasteiger partial charge in [0.2, 0.25) is 0 Å². The van der Waals surface area contributed by atoms with Gasteiger partial charge in [-0.05, 0) is 36.2 Å². The smallest absolute Gasteiger partial charge is 0.303 e. The van der Waals surface area contributed by atoms with Crippen molar-refractivity contribution in [3.05, 3.63) is 23.8 Å². The molecule has 0 heterocycles. The average Bonchev–Trinajstić information content (AvgIpc) is 2.89. The Balaban J connectivity index is 2.15. The number of hydrogen-bond acceptors (Lipinski definition) is 6. The first kappa shape index (κ1) is 22.4. The molecule has 0 radical (unpaired) electrons. The number of ketones is 2. The lowest BCUT2D eigenvalue weighted by molar-refractivity contribution is -0.164. The molecule has 0 aromatic heterocycles. The maximum absolute atomic E-state index is 13.8. The molecule has 3 aliphatic rings. The van der Waals surface area contributed by atoms with Crippen LogP contribution in [0.4, 0.5) is 0 Å². The molecule has 0 N–H and O–H groups in total. The summed E-state index contributed by atoms with van der Waals surface area (Å²) < 4.78 is 11.1. The van der Waals surface area contributed by atoms with Gasteiger partial charge in [0.15, 0.2) is 17.7 Å². The molecule has 0 aliphatic heterocycles. The molecule has 3 rings (SSSR count). The molecule has 0 aromatic carbocycles. The lowest BCUT2D eigenvalue weighted by Gasteiger charge is -2.51. The van der Waals surface area contributed by atoms with Crippen molar-refractivity contribution >= 4 is 23.5 Å². The minimum absolute atomic E-state index is 0.110. The number of ether oxygens (including phenoxy) is 2. The van der Waals surface area contributed by atoms with E-state index in [2.05, 4.69) is 20.4 Å². The summed E-state index contributed by atoms with van der Waals surface area (Å²) in [4.78, 5) is 50.4. The van der Waals surface area contributed by atoms with Crippen molar-refractivity contribution < 1.29 is 28.7 Å². The second-order valence-electron chi connectivity index (χ2n) is 9.93. The summed E-state index contributed by atoms with van der Waals surface area (Å²) in [6, 6.07) is 0. The zero-order valence-corrected chi connectivity index (χ0v) is 18.6. The van der Waals surface area contributed by atoms with Crippen molar-refractivity contribution in [1.29, 1.82) is 0 Å². The molecule has 1 saturated carbocycles. The quantitative estimate of drug-likeness (QED) is 0.504. The third kappa shape index (κ3) is 3.88. The van der Waals surface area contributed by atoms with Crippen LogP contribution >= 0.6 is 0 Å². The van der Waals surface area contributed by atoms with Gasteiger partial charge in [0.1, 0.15) is 6.10 Å². The summed E-state index contributed by atoms with van der Waals surface area (Å²) in [5, 5.41) is 0. The van der Waals surface area contributed by atoms with E-state index >= 15 is 0 Å². The van der Waals surface area contributed by atoms with E-state index in [0.717, 1.165) is 12.8 Å². The normalized spacial score (nSPS) is 35.9. The fourth-order valence-electron chi connectivity index (χ4n) is 5.87. The zero-order chi connectivity index (χ0) is 22.4. The Morgan fingerprint density at radius 2 is 1.60 bits per heavy atom. The first-order chi connectivity index (χ1) is 13.9. The van der Waals surface area contributed by atoms with Crippen LogP contribution in [0.3, 0.4) is 0 Å². The van der Waals surface area contributed by atoms with Crippen LogP contribution in [-0.2, 0) is 28.7 Å². The van der Waals surface area contributed by atoms with Gasteiger partial charge in [0, 0.05) is 37.2 Å². The zero-order valence-electron chi connectivity index (χ0n) is 18.6.